The molecule has 0 fully saturated rings. The van der Waals surface area contributed by atoms with Crippen molar-refractivity contribution in [3.05, 3.63) is 89.3 Å². The van der Waals surface area contributed by atoms with Gasteiger partial charge in [-0.05, 0) is 18.1 Å². The van der Waals surface area contributed by atoms with Crippen LogP contribution < -0.4 is 0 Å². The summed E-state index contributed by atoms with van der Waals surface area (Å²) < 4.78 is 5.08. The summed E-state index contributed by atoms with van der Waals surface area (Å²) in [5, 5.41) is 3.96. The van der Waals surface area contributed by atoms with Crippen LogP contribution in [-0.4, -0.2) is 23.0 Å². The molecule has 4 nitrogen and oxygen atoms in total. The molecule has 0 bridgehead atoms. The fraction of sp³-hybridized carbons (Fsp3) is 0.238. The van der Waals surface area contributed by atoms with E-state index in [0.717, 1.165) is 22.6 Å². The number of nitrogens with zero attached hydrogens (tertiary/aromatic N) is 2. The number of rotatable bonds is 6. The Morgan fingerprint density at radius 1 is 1.04 bits per heavy atom. The largest absolute Gasteiger partial charge is 0.361 e. The molecule has 1 amide bonds. The molecule has 128 valence electrons. The number of hydrogen-bond donors (Lipinski definition) is 0. The summed E-state index contributed by atoms with van der Waals surface area (Å²) in [5.74, 6) is 0.872. The predicted molar refractivity (Wildman–Crippen MR) is 97.1 cm³/mol. The second-order valence-corrected chi connectivity index (χ2v) is 6.26. The third-order valence-corrected chi connectivity index (χ3v) is 4.28. The Bertz CT molecular complexity index is 773. The summed E-state index contributed by atoms with van der Waals surface area (Å²) in [7, 11) is 1.80. The van der Waals surface area contributed by atoms with Crippen molar-refractivity contribution in [2.75, 3.05) is 7.05 Å². The second-order valence-electron chi connectivity index (χ2n) is 6.26. The van der Waals surface area contributed by atoms with Gasteiger partial charge < -0.3 is 9.42 Å². The number of amides is 1. The van der Waals surface area contributed by atoms with E-state index in [-0.39, 0.29) is 11.8 Å². The van der Waals surface area contributed by atoms with Crippen molar-refractivity contribution in [1.82, 2.24) is 10.1 Å². The first-order chi connectivity index (χ1) is 12.1. The molecule has 0 saturated carbocycles. The Labute approximate surface area is 148 Å². The average molecular weight is 334 g/mol. The minimum absolute atomic E-state index is 0.0383. The maximum absolute atomic E-state index is 12.8. The average Bonchev–Trinajstić information content (AvgIpc) is 3.05. The van der Waals surface area contributed by atoms with Gasteiger partial charge >= 0.3 is 0 Å². The van der Waals surface area contributed by atoms with Gasteiger partial charge in [0.25, 0.3) is 0 Å². The highest BCUT2D eigenvalue weighted by Gasteiger charge is 2.21. The highest BCUT2D eigenvalue weighted by molar-refractivity contribution is 5.77. The van der Waals surface area contributed by atoms with Crippen LogP contribution in [0.5, 0.6) is 0 Å². The molecule has 0 saturated heterocycles. The van der Waals surface area contributed by atoms with Crippen LogP contribution in [0.15, 0.2) is 71.3 Å². The van der Waals surface area contributed by atoms with E-state index in [4.69, 9.17) is 4.52 Å². The highest BCUT2D eigenvalue weighted by atomic mass is 16.5. The smallest absolute Gasteiger partial charge is 0.223 e. The number of carbonyl (C=O) groups is 1. The van der Waals surface area contributed by atoms with Crippen LogP contribution in [0.4, 0.5) is 0 Å². The predicted octanol–water partition coefficient (Wildman–Crippen LogP) is 4.16. The van der Waals surface area contributed by atoms with Gasteiger partial charge in [0.05, 0.1) is 6.54 Å². The lowest BCUT2D eigenvalue weighted by molar-refractivity contribution is -0.130. The molecule has 0 aliphatic rings. The van der Waals surface area contributed by atoms with Crippen molar-refractivity contribution in [2.24, 2.45) is 0 Å². The molecule has 0 N–H and O–H groups in total. The van der Waals surface area contributed by atoms with Crippen LogP contribution in [-0.2, 0) is 11.3 Å². The normalized spacial score (nSPS) is 10.8. The highest BCUT2D eigenvalue weighted by Crippen LogP contribution is 2.28. The molecule has 0 spiro atoms. The van der Waals surface area contributed by atoms with Gasteiger partial charge in [-0.1, -0.05) is 65.8 Å². The van der Waals surface area contributed by atoms with Crippen LogP contribution in [0, 0.1) is 6.92 Å². The van der Waals surface area contributed by atoms with Gasteiger partial charge in [-0.2, -0.15) is 0 Å². The zero-order valence-electron chi connectivity index (χ0n) is 14.6. The molecule has 3 aromatic rings. The van der Waals surface area contributed by atoms with Gasteiger partial charge in [0.1, 0.15) is 11.5 Å². The van der Waals surface area contributed by atoms with Crippen LogP contribution in [0.2, 0.25) is 0 Å². The number of aromatic nitrogens is 1. The quantitative estimate of drug-likeness (QED) is 0.680. The van der Waals surface area contributed by atoms with Crippen molar-refractivity contribution < 1.29 is 9.32 Å². The molecular formula is C21H22N2O2. The molecule has 0 aliphatic carbocycles. The fourth-order valence-corrected chi connectivity index (χ4v) is 2.95. The number of aryl methyl sites for hydroxylation is 1. The van der Waals surface area contributed by atoms with E-state index in [2.05, 4.69) is 29.4 Å². The summed E-state index contributed by atoms with van der Waals surface area (Å²) in [4.78, 5) is 14.5. The van der Waals surface area contributed by atoms with Crippen molar-refractivity contribution >= 4 is 5.91 Å². The van der Waals surface area contributed by atoms with Gasteiger partial charge in [0.15, 0.2) is 0 Å². The minimum Gasteiger partial charge on any atom is -0.361 e. The maximum atomic E-state index is 12.8. The second kappa shape index (κ2) is 7.79. The summed E-state index contributed by atoms with van der Waals surface area (Å²) in [6.07, 6.45) is 0.418. The van der Waals surface area contributed by atoms with Crippen molar-refractivity contribution in [1.29, 1.82) is 0 Å². The summed E-state index contributed by atoms with van der Waals surface area (Å²) >= 11 is 0. The van der Waals surface area contributed by atoms with Crippen molar-refractivity contribution in [2.45, 2.75) is 25.8 Å². The van der Waals surface area contributed by atoms with E-state index in [1.807, 2.05) is 49.4 Å². The van der Waals surface area contributed by atoms with Crippen LogP contribution in [0.3, 0.4) is 0 Å². The monoisotopic (exact) mass is 334 g/mol. The topological polar surface area (TPSA) is 46.3 Å². The van der Waals surface area contributed by atoms with E-state index in [1.54, 1.807) is 11.9 Å². The van der Waals surface area contributed by atoms with Gasteiger partial charge in [-0.25, -0.2) is 0 Å². The Morgan fingerprint density at radius 3 is 2.08 bits per heavy atom. The molecule has 0 unspecified atom stereocenters. The van der Waals surface area contributed by atoms with Gasteiger partial charge in [-0.3, -0.25) is 4.79 Å². The Hall–Kier alpha value is -2.88. The summed E-state index contributed by atoms with van der Waals surface area (Å²) in [6, 6.07) is 22.2. The third kappa shape index (κ3) is 4.35. The summed E-state index contributed by atoms with van der Waals surface area (Å²) in [5.41, 5.74) is 3.06. The van der Waals surface area contributed by atoms with E-state index >= 15 is 0 Å². The Kier molecular flexibility index (Phi) is 5.29. The SMILES string of the molecule is Cc1cc(CN(C)C(=O)CC(c2ccccc2)c2ccccc2)no1. The van der Waals surface area contributed by atoms with E-state index in [0.29, 0.717) is 13.0 Å². The Morgan fingerprint density at radius 2 is 1.60 bits per heavy atom. The molecular weight excluding hydrogens is 312 g/mol. The zero-order valence-corrected chi connectivity index (χ0v) is 14.6. The Balaban J connectivity index is 1.76. The molecule has 25 heavy (non-hydrogen) atoms. The lowest BCUT2D eigenvalue weighted by Gasteiger charge is -2.22. The van der Waals surface area contributed by atoms with Crippen molar-refractivity contribution in [3.63, 3.8) is 0 Å². The number of benzene rings is 2. The minimum atomic E-state index is 0.0383. The zero-order chi connectivity index (χ0) is 17.6. The fourth-order valence-electron chi connectivity index (χ4n) is 2.95. The van der Waals surface area contributed by atoms with Crippen LogP contribution >= 0.6 is 0 Å². The van der Waals surface area contributed by atoms with Crippen LogP contribution in [0.1, 0.15) is 34.9 Å². The summed E-state index contributed by atoms with van der Waals surface area (Å²) in [6.45, 7) is 2.30. The first kappa shape index (κ1) is 17.0. The van der Waals surface area contributed by atoms with Gasteiger partial charge in [-0.15, -0.1) is 0 Å². The lowest BCUT2D eigenvalue weighted by atomic mass is 9.88. The molecule has 1 aromatic heterocycles. The molecule has 0 radical (unpaired) electrons. The van der Waals surface area contributed by atoms with Crippen LogP contribution in [0.25, 0.3) is 0 Å². The van der Waals surface area contributed by atoms with Crippen molar-refractivity contribution in [3.8, 4) is 0 Å². The first-order valence-electron chi connectivity index (χ1n) is 8.39. The first-order valence-corrected chi connectivity index (χ1v) is 8.39. The molecule has 1 heterocycles. The van der Waals surface area contributed by atoms with E-state index in [1.165, 1.54) is 0 Å². The molecule has 3 rings (SSSR count). The third-order valence-electron chi connectivity index (χ3n) is 4.28. The molecule has 0 atom stereocenters. The number of hydrogen-bond acceptors (Lipinski definition) is 3. The molecule has 0 aliphatic heterocycles. The number of carbonyl (C=O) groups excluding carboxylic acids is 1. The van der Waals surface area contributed by atoms with Gasteiger partial charge in [0.2, 0.25) is 5.91 Å². The standard InChI is InChI=1S/C21H22N2O2/c1-16-13-19(22-25-16)15-23(2)21(24)14-20(17-9-5-3-6-10-17)18-11-7-4-8-12-18/h3-13,20H,14-15H2,1-2H3. The molecule has 4 heteroatoms. The van der Waals surface area contributed by atoms with E-state index in [9.17, 15) is 4.79 Å². The lowest BCUT2D eigenvalue weighted by Crippen LogP contribution is -2.28. The van der Waals surface area contributed by atoms with Gasteiger partial charge in [0, 0.05) is 25.5 Å². The van der Waals surface area contributed by atoms with E-state index < -0.39 is 0 Å². The maximum Gasteiger partial charge on any atom is 0.223 e. The molecule has 2 aromatic carbocycles.